The van der Waals surface area contributed by atoms with Gasteiger partial charge in [-0.15, -0.1) is 0 Å². The van der Waals surface area contributed by atoms with E-state index >= 15 is 0 Å². The second-order valence-electron chi connectivity index (χ2n) is 8.50. The van der Waals surface area contributed by atoms with Gasteiger partial charge in [0, 0.05) is 32.3 Å². The number of carbonyl (C=O) groups is 3. The molecule has 0 bridgehead atoms. The predicted molar refractivity (Wildman–Crippen MR) is 111 cm³/mol. The molecular formula is C23H36O6. The zero-order valence-corrected chi connectivity index (χ0v) is 18.2. The van der Waals surface area contributed by atoms with Crippen LogP contribution in [0.4, 0.5) is 0 Å². The first kappa shape index (κ1) is 25.1. The fourth-order valence-corrected chi connectivity index (χ4v) is 3.68. The molecule has 1 saturated carbocycles. The second kappa shape index (κ2) is 12.6. The van der Waals surface area contributed by atoms with E-state index < -0.39 is 11.9 Å². The molecule has 1 rings (SSSR count). The van der Waals surface area contributed by atoms with Crippen LogP contribution in [-0.2, 0) is 23.9 Å². The number of allylic oxidation sites excluding steroid dienone is 3. The van der Waals surface area contributed by atoms with E-state index in [1.807, 2.05) is 6.92 Å². The molecule has 1 N–H and O–H groups in total. The normalized spacial score (nSPS) is 20.4. The maximum Gasteiger partial charge on any atom is 0.331 e. The standard InChI is InChI=1S/C23H36O6/c1-5-28-16-23(3,4)14-8-9-18-12-13-21(25)20(18)11-7-6-10-19(15-22(26)27)29-17(2)24/h8-9,15,18,20H,5-7,10-14,16H2,1-4H3,(H,26,27)/t18-,20+/m0/s1. The van der Waals surface area contributed by atoms with Crippen LogP contribution in [-0.4, -0.2) is 36.0 Å². The van der Waals surface area contributed by atoms with Gasteiger partial charge in [0.2, 0.25) is 0 Å². The molecule has 0 aromatic rings. The van der Waals surface area contributed by atoms with E-state index in [1.54, 1.807) is 0 Å². The molecule has 0 radical (unpaired) electrons. The molecule has 6 nitrogen and oxygen atoms in total. The van der Waals surface area contributed by atoms with Gasteiger partial charge in [-0.2, -0.15) is 0 Å². The highest BCUT2D eigenvalue weighted by Crippen LogP contribution is 2.34. The summed E-state index contributed by atoms with van der Waals surface area (Å²) in [5.41, 5.74) is 0.0776. The van der Waals surface area contributed by atoms with Crippen molar-refractivity contribution in [2.75, 3.05) is 13.2 Å². The monoisotopic (exact) mass is 408 g/mol. The topological polar surface area (TPSA) is 89.9 Å². The fraction of sp³-hybridized carbons (Fsp3) is 0.696. The van der Waals surface area contributed by atoms with E-state index in [2.05, 4.69) is 26.0 Å². The van der Waals surface area contributed by atoms with Crippen LogP contribution in [0.3, 0.4) is 0 Å². The molecule has 0 aromatic heterocycles. The van der Waals surface area contributed by atoms with E-state index in [9.17, 15) is 14.4 Å². The van der Waals surface area contributed by atoms with Gasteiger partial charge in [-0.1, -0.05) is 32.4 Å². The molecule has 0 aliphatic heterocycles. The molecule has 0 saturated heterocycles. The molecule has 2 atom stereocenters. The van der Waals surface area contributed by atoms with Gasteiger partial charge in [0.05, 0.1) is 12.7 Å². The Balaban J connectivity index is 2.50. The van der Waals surface area contributed by atoms with Crippen molar-refractivity contribution < 1.29 is 29.0 Å². The first-order chi connectivity index (χ1) is 13.6. The number of ether oxygens (including phenoxy) is 2. The van der Waals surface area contributed by atoms with E-state index in [0.29, 0.717) is 31.7 Å². The van der Waals surface area contributed by atoms with Crippen LogP contribution in [0.1, 0.15) is 72.6 Å². The van der Waals surface area contributed by atoms with E-state index in [1.165, 1.54) is 6.92 Å². The third kappa shape index (κ3) is 10.4. The van der Waals surface area contributed by atoms with Crippen molar-refractivity contribution in [3.05, 3.63) is 24.0 Å². The van der Waals surface area contributed by atoms with Crippen molar-refractivity contribution in [2.45, 2.75) is 72.6 Å². The highest BCUT2D eigenvalue weighted by atomic mass is 16.5. The van der Waals surface area contributed by atoms with Crippen LogP contribution in [0.25, 0.3) is 0 Å². The van der Waals surface area contributed by atoms with Crippen molar-refractivity contribution in [3.8, 4) is 0 Å². The number of hydrogen-bond acceptors (Lipinski definition) is 5. The molecule has 1 aliphatic carbocycles. The lowest BCUT2D eigenvalue weighted by Gasteiger charge is -2.22. The number of carboxylic acid groups (broad SMARTS) is 1. The molecule has 0 aromatic carbocycles. The largest absolute Gasteiger partial charge is 0.478 e. The quantitative estimate of drug-likeness (QED) is 0.156. The number of esters is 1. The lowest BCUT2D eigenvalue weighted by molar-refractivity contribution is -0.137. The minimum absolute atomic E-state index is 0.0295. The first-order valence-corrected chi connectivity index (χ1v) is 10.5. The number of unbranched alkanes of at least 4 members (excludes halogenated alkanes) is 1. The van der Waals surface area contributed by atoms with E-state index in [4.69, 9.17) is 14.6 Å². The molecule has 164 valence electrons. The fourth-order valence-electron chi connectivity index (χ4n) is 3.68. The second-order valence-corrected chi connectivity index (χ2v) is 8.50. The first-order valence-electron chi connectivity index (χ1n) is 10.5. The molecule has 6 heteroatoms. The lowest BCUT2D eigenvalue weighted by atomic mass is 9.87. The molecule has 0 heterocycles. The number of ketones is 1. The zero-order chi connectivity index (χ0) is 21.9. The highest BCUT2D eigenvalue weighted by Gasteiger charge is 2.32. The Morgan fingerprint density at radius 2 is 2.00 bits per heavy atom. The molecule has 0 unspecified atom stereocenters. The van der Waals surface area contributed by atoms with Crippen molar-refractivity contribution in [1.82, 2.24) is 0 Å². The van der Waals surface area contributed by atoms with E-state index in [0.717, 1.165) is 38.4 Å². The summed E-state index contributed by atoms with van der Waals surface area (Å²) in [6.07, 6.45) is 10.3. The van der Waals surface area contributed by atoms with Crippen LogP contribution >= 0.6 is 0 Å². The molecule has 1 aliphatic rings. The van der Waals surface area contributed by atoms with Gasteiger partial charge in [-0.3, -0.25) is 9.59 Å². The van der Waals surface area contributed by atoms with Crippen molar-refractivity contribution in [2.24, 2.45) is 17.3 Å². The van der Waals surface area contributed by atoms with Gasteiger partial charge in [-0.05, 0) is 43.9 Å². The van der Waals surface area contributed by atoms with Gasteiger partial charge in [-0.25, -0.2) is 4.79 Å². The molecule has 29 heavy (non-hydrogen) atoms. The van der Waals surface area contributed by atoms with Gasteiger partial charge >= 0.3 is 11.9 Å². The summed E-state index contributed by atoms with van der Waals surface area (Å²) < 4.78 is 10.5. The van der Waals surface area contributed by atoms with Crippen LogP contribution in [0.5, 0.6) is 0 Å². The van der Waals surface area contributed by atoms with Gasteiger partial charge in [0.15, 0.2) is 0 Å². The molecule has 0 spiro atoms. The number of Topliss-reactive ketones (excluding diaryl/α,β-unsaturated/α-hetero) is 1. The Morgan fingerprint density at radius 3 is 2.62 bits per heavy atom. The molecular weight excluding hydrogens is 372 g/mol. The van der Waals surface area contributed by atoms with Crippen molar-refractivity contribution in [3.63, 3.8) is 0 Å². The maximum atomic E-state index is 12.3. The summed E-state index contributed by atoms with van der Waals surface area (Å²) in [5.74, 6) is -0.884. The number of aliphatic carboxylic acids is 1. The Kier molecular flexibility index (Phi) is 10.9. The summed E-state index contributed by atoms with van der Waals surface area (Å²) in [6, 6.07) is 0. The number of hydrogen-bond donors (Lipinski definition) is 1. The summed E-state index contributed by atoms with van der Waals surface area (Å²) in [6.45, 7) is 9.03. The van der Waals surface area contributed by atoms with E-state index in [-0.39, 0.29) is 23.0 Å². The maximum absolute atomic E-state index is 12.3. The molecule has 0 amide bonds. The SMILES string of the molecule is CCOCC(C)(C)CC=C[C@H]1CCC(=O)[C@@H]1CCCCC(=CC(=O)O)OC(C)=O. The van der Waals surface area contributed by atoms with Gasteiger partial charge in [0.1, 0.15) is 11.5 Å². The predicted octanol–water partition coefficient (Wildman–Crippen LogP) is 4.68. The van der Waals surface area contributed by atoms with Crippen LogP contribution in [0.15, 0.2) is 24.0 Å². The molecule has 1 fully saturated rings. The van der Waals surface area contributed by atoms with Crippen LogP contribution < -0.4 is 0 Å². The summed E-state index contributed by atoms with van der Waals surface area (Å²) >= 11 is 0. The Bertz CT molecular complexity index is 617. The summed E-state index contributed by atoms with van der Waals surface area (Å²) in [7, 11) is 0. The summed E-state index contributed by atoms with van der Waals surface area (Å²) in [4.78, 5) is 34.2. The number of carboxylic acids is 1. The minimum Gasteiger partial charge on any atom is -0.478 e. The van der Waals surface area contributed by atoms with Crippen LogP contribution in [0, 0.1) is 17.3 Å². The lowest BCUT2D eigenvalue weighted by Crippen LogP contribution is -2.18. The highest BCUT2D eigenvalue weighted by molar-refractivity contribution is 5.83. The van der Waals surface area contributed by atoms with Crippen LogP contribution in [0.2, 0.25) is 0 Å². The Hall–Kier alpha value is -1.95. The minimum atomic E-state index is -1.13. The van der Waals surface area contributed by atoms with Gasteiger partial charge < -0.3 is 14.6 Å². The zero-order valence-electron chi connectivity index (χ0n) is 18.2. The number of rotatable bonds is 13. The summed E-state index contributed by atoms with van der Waals surface area (Å²) in [5, 5.41) is 8.85. The smallest absolute Gasteiger partial charge is 0.331 e. The Morgan fingerprint density at radius 1 is 1.28 bits per heavy atom. The van der Waals surface area contributed by atoms with Crippen molar-refractivity contribution in [1.29, 1.82) is 0 Å². The van der Waals surface area contributed by atoms with Crippen molar-refractivity contribution >= 4 is 17.7 Å². The third-order valence-electron chi connectivity index (χ3n) is 5.15. The average molecular weight is 409 g/mol. The van der Waals surface area contributed by atoms with Gasteiger partial charge in [0.25, 0.3) is 0 Å². The average Bonchev–Trinajstić information content (AvgIpc) is 2.95. The third-order valence-corrected chi connectivity index (χ3v) is 5.15. The number of carbonyl (C=O) groups excluding carboxylic acids is 2. The Labute approximate surface area is 174 Å².